The van der Waals surface area contributed by atoms with Crippen LogP contribution in [0.4, 0.5) is 0 Å². The molecule has 0 amide bonds. The van der Waals surface area contributed by atoms with Crippen molar-refractivity contribution in [2.24, 2.45) is 11.7 Å². The second kappa shape index (κ2) is 2.82. The maximum absolute atomic E-state index is 5.62. The fraction of sp³-hybridized carbons (Fsp3) is 0.364. The molecule has 2 aromatic heterocycles. The van der Waals surface area contributed by atoms with E-state index < -0.39 is 0 Å². The third kappa shape index (κ3) is 1.13. The smallest absolute Gasteiger partial charge is 0.136 e. The number of fused-ring (bicyclic) bond motifs is 1. The van der Waals surface area contributed by atoms with E-state index >= 15 is 0 Å². The van der Waals surface area contributed by atoms with E-state index in [1.165, 1.54) is 12.1 Å². The van der Waals surface area contributed by atoms with Crippen molar-refractivity contribution in [1.29, 1.82) is 0 Å². The molecule has 0 bridgehead atoms. The molecule has 0 saturated heterocycles. The van der Waals surface area contributed by atoms with Crippen LogP contribution in [0.2, 0.25) is 0 Å². The fourth-order valence-corrected chi connectivity index (χ4v) is 2.00. The summed E-state index contributed by atoms with van der Waals surface area (Å²) in [4.78, 5) is 4.58. The molecule has 0 spiro atoms. The van der Waals surface area contributed by atoms with Crippen LogP contribution >= 0.6 is 0 Å². The van der Waals surface area contributed by atoms with Gasteiger partial charge < -0.3 is 10.1 Å². The molecule has 1 aliphatic carbocycles. The number of hydrogen-bond acceptors (Lipinski definition) is 2. The van der Waals surface area contributed by atoms with Gasteiger partial charge in [-0.3, -0.25) is 0 Å². The molecule has 0 aromatic carbocycles. The van der Waals surface area contributed by atoms with Crippen molar-refractivity contribution in [1.82, 2.24) is 9.38 Å². The molecule has 1 fully saturated rings. The summed E-state index contributed by atoms with van der Waals surface area (Å²) in [6.45, 7) is 0.790. The molecule has 2 aromatic rings. The van der Waals surface area contributed by atoms with Gasteiger partial charge in [0.05, 0.1) is 5.69 Å². The van der Waals surface area contributed by atoms with Gasteiger partial charge in [0.2, 0.25) is 0 Å². The van der Waals surface area contributed by atoms with E-state index in [4.69, 9.17) is 5.73 Å². The number of nitrogens with zero attached hydrogens (tertiary/aromatic N) is 2. The molecule has 0 unspecified atom stereocenters. The summed E-state index contributed by atoms with van der Waals surface area (Å²) in [6.07, 6.45) is 5.36. The zero-order valence-corrected chi connectivity index (χ0v) is 7.93. The highest BCUT2D eigenvalue weighted by molar-refractivity contribution is 5.41. The zero-order valence-electron chi connectivity index (χ0n) is 7.93. The Morgan fingerprint density at radius 2 is 2.43 bits per heavy atom. The molecule has 14 heavy (non-hydrogen) atoms. The van der Waals surface area contributed by atoms with Crippen LogP contribution in [0.5, 0.6) is 0 Å². The third-order valence-electron chi connectivity index (χ3n) is 2.99. The molecular weight excluding hydrogens is 174 g/mol. The van der Waals surface area contributed by atoms with Crippen LogP contribution in [0, 0.1) is 5.92 Å². The van der Waals surface area contributed by atoms with Crippen molar-refractivity contribution in [3.8, 4) is 0 Å². The molecular formula is C11H13N3. The van der Waals surface area contributed by atoms with Gasteiger partial charge in [0.15, 0.2) is 0 Å². The predicted octanol–water partition coefficient (Wildman–Crippen LogP) is 1.40. The van der Waals surface area contributed by atoms with Crippen molar-refractivity contribution < 1.29 is 0 Å². The van der Waals surface area contributed by atoms with E-state index in [0.717, 1.165) is 12.2 Å². The molecule has 0 aliphatic heterocycles. The first kappa shape index (κ1) is 8.00. The molecule has 3 heteroatoms. The maximum atomic E-state index is 5.62. The lowest BCUT2D eigenvalue weighted by Crippen LogP contribution is -2.01. The average molecular weight is 187 g/mol. The molecule has 72 valence electrons. The highest BCUT2D eigenvalue weighted by Crippen LogP contribution is 2.45. The van der Waals surface area contributed by atoms with Crippen molar-refractivity contribution in [3.05, 3.63) is 36.3 Å². The molecule has 2 atom stereocenters. The lowest BCUT2D eigenvalue weighted by Gasteiger charge is -1.89. The Morgan fingerprint density at radius 1 is 1.50 bits per heavy atom. The highest BCUT2D eigenvalue weighted by atomic mass is 15.0. The van der Waals surface area contributed by atoms with Gasteiger partial charge >= 0.3 is 0 Å². The van der Waals surface area contributed by atoms with E-state index in [9.17, 15) is 0 Å². The summed E-state index contributed by atoms with van der Waals surface area (Å²) in [5.41, 5.74) is 7.85. The number of hydrogen-bond donors (Lipinski definition) is 1. The summed E-state index contributed by atoms with van der Waals surface area (Å²) >= 11 is 0. The highest BCUT2D eigenvalue weighted by Gasteiger charge is 2.38. The second-order valence-electron chi connectivity index (χ2n) is 3.97. The molecule has 3 rings (SSSR count). The van der Waals surface area contributed by atoms with Gasteiger partial charge in [0.25, 0.3) is 0 Å². The van der Waals surface area contributed by atoms with E-state index in [1.807, 2.05) is 24.4 Å². The summed E-state index contributed by atoms with van der Waals surface area (Å²) in [6, 6.07) is 6.06. The normalized spacial score (nSPS) is 25.5. The SMILES string of the molecule is NC[C@@H]1C[C@H]1c1cn2ccccc2n1. The van der Waals surface area contributed by atoms with Gasteiger partial charge in [-0.1, -0.05) is 6.07 Å². The van der Waals surface area contributed by atoms with Gasteiger partial charge in [-0.25, -0.2) is 4.98 Å². The molecule has 0 radical (unpaired) electrons. The second-order valence-corrected chi connectivity index (χ2v) is 3.97. The molecule has 2 heterocycles. The van der Waals surface area contributed by atoms with Crippen LogP contribution in [0.3, 0.4) is 0 Å². The Labute approximate surface area is 82.6 Å². The van der Waals surface area contributed by atoms with Crippen LogP contribution in [-0.4, -0.2) is 15.9 Å². The minimum atomic E-state index is 0.611. The molecule has 1 aliphatic rings. The quantitative estimate of drug-likeness (QED) is 0.772. The average Bonchev–Trinajstić information content (AvgIpc) is 2.89. The summed E-state index contributed by atoms with van der Waals surface area (Å²) in [5.74, 6) is 1.28. The minimum Gasteiger partial charge on any atom is -0.330 e. The summed E-state index contributed by atoms with van der Waals surface area (Å²) in [7, 11) is 0. The first-order chi connectivity index (χ1) is 6.88. The Balaban J connectivity index is 1.99. The van der Waals surface area contributed by atoms with Gasteiger partial charge in [-0.2, -0.15) is 0 Å². The van der Waals surface area contributed by atoms with Crippen molar-refractivity contribution >= 4 is 5.65 Å². The Bertz CT molecular complexity index is 427. The Hall–Kier alpha value is -1.35. The van der Waals surface area contributed by atoms with E-state index in [0.29, 0.717) is 11.8 Å². The first-order valence-corrected chi connectivity index (χ1v) is 5.02. The molecule has 2 N–H and O–H groups in total. The van der Waals surface area contributed by atoms with Crippen LogP contribution in [0.15, 0.2) is 30.6 Å². The lowest BCUT2D eigenvalue weighted by atomic mass is 10.2. The maximum Gasteiger partial charge on any atom is 0.136 e. The van der Waals surface area contributed by atoms with Crippen LogP contribution in [0.25, 0.3) is 5.65 Å². The topological polar surface area (TPSA) is 43.3 Å². The Morgan fingerprint density at radius 3 is 3.14 bits per heavy atom. The van der Waals surface area contributed by atoms with Gasteiger partial charge in [-0.15, -0.1) is 0 Å². The van der Waals surface area contributed by atoms with Crippen molar-refractivity contribution in [2.45, 2.75) is 12.3 Å². The van der Waals surface area contributed by atoms with Gasteiger partial charge in [-0.05, 0) is 31.0 Å². The minimum absolute atomic E-state index is 0.611. The first-order valence-electron chi connectivity index (χ1n) is 5.02. The summed E-state index contributed by atoms with van der Waals surface area (Å²) < 4.78 is 2.07. The zero-order chi connectivity index (χ0) is 9.54. The van der Waals surface area contributed by atoms with Crippen molar-refractivity contribution in [2.75, 3.05) is 6.54 Å². The number of pyridine rings is 1. The van der Waals surface area contributed by atoms with E-state index in [2.05, 4.69) is 15.6 Å². The van der Waals surface area contributed by atoms with Crippen LogP contribution in [0.1, 0.15) is 18.0 Å². The number of rotatable bonds is 2. The van der Waals surface area contributed by atoms with Crippen LogP contribution in [-0.2, 0) is 0 Å². The largest absolute Gasteiger partial charge is 0.330 e. The summed E-state index contributed by atoms with van der Waals surface area (Å²) in [5, 5.41) is 0. The van der Waals surface area contributed by atoms with Gasteiger partial charge in [0.1, 0.15) is 5.65 Å². The Kier molecular flexibility index (Phi) is 1.61. The third-order valence-corrected chi connectivity index (χ3v) is 2.99. The van der Waals surface area contributed by atoms with Crippen LogP contribution < -0.4 is 5.73 Å². The standard InChI is InChI=1S/C11H13N3/c12-6-8-5-9(8)10-7-14-4-2-1-3-11(14)13-10/h1-4,7-9H,5-6,12H2/t8-,9+/m0/s1. The monoisotopic (exact) mass is 187 g/mol. The molecule has 3 nitrogen and oxygen atoms in total. The molecule has 1 saturated carbocycles. The van der Waals surface area contributed by atoms with Crippen molar-refractivity contribution in [3.63, 3.8) is 0 Å². The van der Waals surface area contributed by atoms with E-state index in [1.54, 1.807) is 0 Å². The van der Waals surface area contributed by atoms with Gasteiger partial charge in [0, 0.05) is 18.3 Å². The number of aromatic nitrogens is 2. The van der Waals surface area contributed by atoms with E-state index in [-0.39, 0.29) is 0 Å². The predicted molar refractivity (Wildman–Crippen MR) is 55.1 cm³/mol. The number of nitrogens with two attached hydrogens (primary N) is 1. The lowest BCUT2D eigenvalue weighted by molar-refractivity contribution is 0.800. The fourth-order valence-electron chi connectivity index (χ4n) is 2.00. The number of imidazole rings is 1.